The van der Waals surface area contributed by atoms with E-state index in [1.807, 2.05) is 42.2 Å². The van der Waals surface area contributed by atoms with Crippen LogP contribution in [0.2, 0.25) is 5.02 Å². The van der Waals surface area contributed by atoms with Gasteiger partial charge in [-0.2, -0.15) is 0 Å². The summed E-state index contributed by atoms with van der Waals surface area (Å²) in [6.45, 7) is 0. The van der Waals surface area contributed by atoms with Crippen LogP contribution in [0.3, 0.4) is 0 Å². The van der Waals surface area contributed by atoms with Crippen LogP contribution in [0.5, 0.6) is 0 Å². The topological polar surface area (TPSA) is 43.6 Å². The number of fused-ring (bicyclic) bond motifs is 1. The van der Waals surface area contributed by atoms with Crippen LogP contribution in [0.15, 0.2) is 36.8 Å². The molecule has 2 heterocycles. The van der Waals surface area contributed by atoms with E-state index in [9.17, 15) is 0 Å². The molecule has 3 aromatic rings. The lowest BCUT2D eigenvalue weighted by Crippen LogP contribution is -2.02. The Morgan fingerprint density at radius 1 is 1.21 bits per heavy atom. The number of aryl methyl sites for hydroxylation is 3. The predicted molar refractivity (Wildman–Crippen MR) is 75.2 cm³/mol. The number of benzene rings is 1. The van der Waals surface area contributed by atoms with Gasteiger partial charge in [0.15, 0.2) is 0 Å². The van der Waals surface area contributed by atoms with Gasteiger partial charge in [0.1, 0.15) is 11.3 Å². The maximum atomic E-state index is 6.13. The lowest BCUT2D eigenvalue weighted by molar-refractivity contribution is 0.762. The van der Waals surface area contributed by atoms with E-state index in [0.717, 1.165) is 35.4 Å². The monoisotopic (exact) mass is 272 g/mol. The molecule has 0 aliphatic carbocycles. The number of hydrogen-bond acceptors (Lipinski definition) is 3. The van der Waals surface area contributed by atoms with Crippen LogP contribution >= 0.6 is 11.6 Å². The van der Waals surface area contributed by atoms with E-state index in [1.165, 1.54) is 0 Å². The first-order valence-corrected chi connectivity index (χ1v) is 6.48. The molecule has 5 heteroatoms. The van der Waals surface area contributed by atoms with Crippen LogP contribution in [0.25, 0.3) is 11.0 Å². The van der Waals surface area contributed by atoms with Crippen molar-refractivity contribution in [3.8, 4) is 0 Å². The summed E-state index contributed by atoms with van der Waals surface area (Å²) in [5.74, 6) is 1.04. The van der Waals surface area contributed by atoms with Gasteiger partial charge < -0.3 is 4.57 Å². The van der Waals surface area contributed by atoms with Gasteiger partial charge in [-0.05, 0) is 18.6 Å². The van der Waals surface area contributed by atoms with Crippen LogP contribution in [-0.2, 0) is 19.9 Å². The SMILES string of the molecule is Cn1ccnc1CCc1cnc2cccc(Cl)c2n1. The fourth-order valence-corrected chi connectivity index (χ4v) is 2.24. The normalized spacial score (nSPS) is 11.1. The van der Waals surface area contributed by atoms with E-state index < -0.39 is 0 Å². The Bertz CT molecular complexity index is 720. The Labute approximate surface area is 116 Å². The van der Waals surface area contributed by atoms with Crippen molar-refractivity contribution in [2.75, 3.05) is 0 Å². The third-order valence-electron chi connectivity index (χ3n) is 3.10. The molecular formula is C14H13ClN4. The lowest BCUT2D eigenvalue weighted by atomic mass is 10.2. The Balaban J connectivity index is 1.86. The molecule has 0 atom stereocenters. The largest absolute Gasteiger partial charge is 0.338 e. The van der Waals surface area contributed by atoms with Gasteiger partial charge in [-0.15, -0.1) is 0 Å². The van der Waals surface area contributed by atoms with Crippen molar-refractivity contribution in [3.05, 3.63) is 53.3 Å². The highest BCUT2D eigenvalue weighted by Crippen LogP contribution is 2.19. The highest BCUT2D eigenvalue weighted by atomic mass is 35.5. The van der Waals surface area contributed by atoms with Crippen molar-refractivity contribution in [2.24, 2.45) is 7.05 Å². The van der Waals surface area contributed by atoms with Crippen molar-refractivity contribution in [3.63, 3.8) is 0 Å². The summed E-state index contributed by atoms with van der Waals surface area (Å²) in [4.78, 5) is 13.3. The summed E-state index contributed by atoms with van der Waals surface area (Å²) in [6, 6.07) is 5.63. The zero-order valence-electron chi connectivity index (χ0n) is 10.5. The van der Waals surface area contributed by atoms with E-state index in [1.54, 1.807) is 6.20 Å². The zero-order valence-corrected chi connectivity index (χ0v) is 11.3. The lowest BCUT2D eigenvalue weighted by Gasteiger charge is -2.04. The summed E-state index contributed by atoms with van der Waals surface area (Å²) in [5, 5.41) is 0.642. The highest BCUT2D eigenvalue weighted by Gasteiger charge is 2.05. The van der Waals surface area contributed by atoms with E-state index in [-0.39, 0.29) is 0 Å². The summed E-state index contributed by atoms with van der Waals surface area (Å²) >= 11 is 6.13. The molecule has 96 valence electrons. The van der Waals surface area contributed by atoms with Gasteiger partial charge in [0, 0.05) is 32.1 Å². The standard InChI is InChI=1S/C14H13ClN4/c1-19-8-7-16-13(19)6-5-10-9-17-12-4-2-3-11(15)14(12)18-10/h2-4,7-9H,5-6H2,1H3. The van der Waals surface area contributed by atoms with Crippen LogP contribution in [0, 0.1) is 0 Å². The van der Waals surface area contributed by atoms with Gasteiger partial charge in [0.25, 0.3) is 0 Å². The van der Waals surface area contributed by atoms with Crippen LogP contribution < -0.4 is 0 Å². The Morgan fingerprint density at radius 2 is 2.11 bits per heavy atom. The molecule has 0 amide bonds. The van der Waals surface area contributed by atoms with Crippen LogP contribution in [0.4, 0.5) is 0 Å². The minimum absolute atomic E-state index is 0.642. The second-order valence-corrected chi connectivity index (χ2v) is 4.83. The van der Waals surface area contributed by atoms with Crippen LogP contribution in [0.1, 0.15) is 11.5 Å². The van der Waals surface area contributed by atoms with E-state index >= 15 is 0 Å². The Morgan fingerprint density at radius 3 is 2.89 bits per heavy atom. The number of imidazole rings is 1. The second-order valence-electron chi connectivity index (χ2n) is 4.42. The number of nitrogens with zero attached hydrogens (tertiary/aromatic N) is 4. The molecule has 0 N–H and O–H groups in total. The maximum Gasteiger partial charge on any atom is 0.108 e. The number of rotatable bonds is 3. The van der Waals surface area contributed by atoms with Gasteiger partial charge in [-0.1, -0.05) is 17.7 Å². The molecule has 19 heavy (non-hydrogen) atoms. The average Bonchev–Trinajstić information content (AvgIpc) is 2.83. The molecule has 0 aliphatic heterocycles. The van der Waals surface area contributed by atoms with Gasteiger partial charge >= 0.3 is 0 Å². The van der Waals surface area contributed by atoms with E-state index in [0.29, 0.717) is 5.02 Å². The molecular weight excluding hydrogens is 260 g/mol. The van der Waals surface area contributed by atoms with E-state index in [2.05, 4.69) is 15.0 Å². The molecule has 0 bridgehead atoms. The molecule has 0 saturated heterocycles. The molecule has 1 aromatic carbocycles. The molecule has 0 fully saturated rings. The maximum absolute atomic E-state index is 6.13. The average molecular weight is 273 g/mol. The van der Waals surface area contributed by atoms with Crippen molar-refractivity contribution < 1.29 is 0 Å². The summed E-state index contributed by atoms with van der Waals surface area (Å²) in [5.41, 5.74) is 2.53. The Hall–Kier alpha value is -1.94. The molecule has 0 radical (unpaired) electrons. The molecule has 0 unspecified atom stereocenters. The summed E-state index contributed by atoms with van der Waals surface area (Å²) in [7, 11) is 1.99. The quantitative estimate of drug-likeness (QED) is 0.736. The molecule has 4 nitrogen and oxygen atoms in total. The molecule has 0 saturated carbocycles. The fourth-order valence-electron chi connectivity index (χ4n) is 2.03. The third-order valence-corrected chi connectivity index (χ3v) is 3.40. The number of para-hydroxylation sites is 1. The highest BCUT2D eigenvalue weighted by molar-refractivity contribution is 6.34. The summed E-state index contributed by atoms with van der Waals surface area (Å²) < 4.78 is 2.02. The third kappa shape index (κ3) is 2.44. The fraction of sp³-hybridized carbons (Fsp3) is 0.214. The van der Waals surface area contributed by atoms with Crippen LogP contribution in [-0.4, -0.2) is 19.5 Å². The number of halogens is 1. The molecule has 0 aliphatic rings. The first-order chi connectivity index (χ1) is 9.24. The van der Waals surface area contributed by atoms with Gasteiger partial charge in [-0.3, -0.25) is 4.98 Å². The van der Waals surface area contributed by atoms with Crippen molar-refractivity contribution in [1.82, 2.24) is 19.5 Å². The minimum Gasteiger partial charge on any atom is -0.338 e. The number of aromatic nitrogens is 4. The predicted octanol–water partition coefficient (Wildman–Crippen LogP) is 2.80. The second kappa shape index (κ2) is 4.97. The number of hydrogen-bond donors (Lipinski definition) is 0. The molecule has 0 spiro atoms. The first kappa shape index (κ1) is 12.1. The van der Waals surface area contributed by atoms with Crippen molar-refractivity contribution in [2.45, 2.75) is 12.8 Å². The van der Waals surface area contributed by atoms with Crippen molar-refractivity contribution >= 4 is 22.6 Å². The molecule has 2 aromatic heterocycles. The zero-order chi connectivity index (χ0) is 13.2. The summed E-state index contributed by atoms with van der Waals surface area (Å²) in [6.07, 6.45) is 7.20. The minimum atomic E-state index is 0.642. The first-order valence-electron chi connectivity index (χ1n) is 6.10. The smallest absolute Gasteiger partial charge is 0.108 e. The van der Waals surface area contributed by atoms with Gasteiger partial charge in [-0.25, -0.2) is 9.97 Å². The van der Waals surface area contributed by atoms with Gasteiger partial charge in [0.05, 0.1) is 16.2 Å². The Kier molecular flexibility index (Phi) is 3.17. The molecule has 3 rings (SSSR count). The van der Waals surface area contributed by atoms with E-state index in [4.69, 9.17) is 11.6 Å². The van der Waals surface area contributed by atoms with Gasteiger partial charge in [0.2, 0.25) is 0 Å². The van der Waals surface area contributed by atoms with Crippen molar-refractivity contribution in [1.29, 1.82) is 0 Å².